The molecule has 0 aliphatic rings. The van der Waals surface area contributed by atoms with E-state index in [0.29, 0.717) is 0 Å². The van der Waals surface area contributed by atoms with Crippen molar-refractivity contribution < 1.29 is 5.11 Å². The van der Waals surface area contributed by atoms with E-state index in [-0.39, 0.29) is 12.6 Å². The molecule has 0 heterocycles. The van der Waals surface area contributed by atoms with Gasteiger partial charge in [-0.3, -0.25) is 0 Å². The molecule has 0 aliphatic carbocycles. The van der Waals surface area contributed by atoms with Gasteiger partial charge in [-0.05, 0) is 6.42 Å². The van der Waals surface area contributed by atoms with Crippen molar-refractivity contribution in [3.63, 3.8) is 0 Å². The van der Waals surface area contributed by atoms with Gasteiger partial charge in [-0.25, -0.2) is 0 Å². The Kier molecular flexibility index (Phi) is 8.95. The summed E-state index contributed by atoms with van der Waals surface area (Å²) in [6.07, 6.45) is 8.75. The van der Waals surface area contributed by atoms with Gasteiger partial charge in [-0.15, -0.1) is 0 Å². The molecule has 1 atom stereocenters. The summed E-state index contributed by atoms with van der Waals surface area (Å²) < 4.78 is 0. The van der Waals surface area contributed by atoms with Crippen LogP contribution in [0.25, 0.3) is 0 Å². The van der Waals surface area contributed by atoms with E-state index in [1.165, 1.54) is 38.5 Å². The molecule has 0 unspecified atom stereocenters. The molecule has 2 heteroatoms. The highest BCUT2D eigenvalue weighted by Gasteiger charge is 1.98. The van der Waals surface area contributed by atoms with Crippen molar-refractivity contribution in [2.45, 2.75) is 57.9 Å². The Hall–Kier alpha value is -0.0800. The molecule has 0 bridgehead atoms. The third-order valence-corrected chi connectivity index (χ3v) is 2.16. The Labute approximate surface area is 76.2 Å². The van der Waals surface area contributed by atoms with Gasteiger partial charge in [0, 0.05) is 6.04 Å². The number of aliphatic hydroxyl groups excluding tert-OH is 1. The van der Waals surface area contributed by atoms with Gasteiger partial charge in [0.2, 0.25) is 0 Å². The average molecular weight is 173 g/mol. The topological polar surface area (TPSA) is 46.2 Å². The highest BCUT2D eigenvalue weighted by atomic mass is 16.3. The van der Waals surface area contributed by atoms with E-state index in [1.807, 2.05) is 0 Å². The predicted molar refractivity (Wildman–Crippen MR) is 53.1 cm³/mol. The molecule has 0 spiro atoms. The summed E-state index contributed by atoms with van der Waals surface area (Å²) >= 11 is 0. The highest BCUT2D eigenvalue weighted by molar-refractivity contribution is 4.58. The SMILES string of the molecule is CCCCCCCC[C@H](N)CO. The van der Waals surface area contributed by atoms with Crippen LogP contribution < -0.4 is 5.73 Å². The molecule has 0 aliphatic heterocycles. The van der Waals surface area contributed by atoms with Crippen molar-refractivity contribution in [1.29, 1.82) is 0 Å². The van der Waals surface area contributed by atoms with Crippen molar-refractivity contribution >= 4 is 0 Å². The Morgan fingerprint density at radius 1 is 1.08 bits per heavy atom. The standard InChI is InChI=1S/C10H23NO/c1-2-3-4-5-6-7-8-10(11)9-12/h10,12H,2-9,11H2,1H3/t10-/m0/s1. The molecule has 0 amide bonds. The molecule has 0 radical (unpaired) electrons. The van der Waals surface area contributed by atoms with E-state index in [2.05, 4.69) is 6.92 Å². The Morgan fingerprint density at radius 2 is 1.67 bits per heavy atom. The smallest absolute Gasteiger partial charge is 0.0582 e. The van der Waals surface area contributed by atoms with E-state index >= 15 is 0 Å². The van der Waals surface area contributed by atoms with Crippen molar-refractivity contribution in [2.24, 2.45) is 5.73 Å². The normalized spacial score (nSPS) is 13.2. The fourth-order valence-corrected chi connectivity index (χ4v) is 1.28. The third-order valence-electron chi connectivity index (χ3n) is 2.16. The molecular weight excluding hydrogens is 150 g/mol. The molecular formula is C10H23NO. The lowest BCUT2D eigenvalue weighted by Crippen LogP contribution is -2.23. The molecule has 0 aromatic rings. The van der Waals surface area contributed by atoms with Crippen LogP contribution in [0.15, 0.2) is 0 Å². The molecule has 2 nitrogen and oxygen atoms in total. The maximum absolute atomic E-state index is 8.65. The summed E-state index contributed by atoms with van der Waals surface area (Å²) in [5.41, 5.74) is 5.56. The zero-order valence-corrected chi connectivity index (χ0v) is 8.26. The van der Waals surface area contributed by atoms with Crippen LogP contribution in [-0.2, 0) is 0 Å². The van der Waals surface area contributed by atoms with E-state index in [0.717, 1.165) is 6.42 Å². The fourth-order valence-electron chi connectivity index (χ4n) is 1.28. The quantitative estimate of drug-likeness (QED) is 0.552. The van der Waals surface area contributed by atoms with Gasteiger partial charge < -0.3 is 10.8 Å². The summed E-state index contributed by atoms with van der Waals surface area (Å²) in [4.78, 5) is 0. The van der Waals surface area contributed by atoms with Crippen LogP contribution in [0.3, 0.4) is 0 Å². The van der Waals surface area contributed by atoms with Crippen LogP contribution in [-0.4, -0.2) is 17.8 Å². The van der Waals surface area contributed by atoms with Gasteiger partial charge in [0.15, 0.2) is 0 Å². The molecule has 0 rings (SSSR count). The Morgan fingerprint density at radius 3 is 2.25 bits per heavy atom. The second kappa shape index (κ2) is 9.01. The lowest BCUT2D eigenvalue weighted by Gasteiger charge is -2.06. The predicted octanol–water partition coefficient (Wildman–Crippen LogP) is 2.06. The molecule has 0 saturated heterocycles. The Bertz CT molecular complexity index is 85.9. The summed E-state index contributed by atoms with van der Waals surface area (Å²) in [5.74, 6) is 0. The fraction of sp³-hybridized carbons (Fsp3) is 1.00. The number of nitrogens with two attached hydrogens (primary N) is 1. The van der Waals surface area contributed by atoms with Crippen molar-refractivity contribution in [1.82, 2.24) is 0 Å². The number of unbranched alkanes of at least 4 members (excludes halogenated alkanes) is 5. The van der Waals surface area contributed by atoms with E-state index in [1.54, 1.807) is 0 Å². The number of aliphatic hydroxyl groups is 1. The van der Waals surface area contributed by atoms with Crippen molar-refractivity contribution in [3.8, 4) is 0 Å². The van der Waals surface area contributed by atoms with E-state index in [4.69, 9.17) is 10.8 Å². The Balaban J connectivity index is 2.90. The maximum Gasteiger partial charge on any atom is 0.0582 e. The van der Waals surface area contributed by atoms with Gasteiger partial charge in [0.1, 0.15) is 0 Å². The average Bonchev–Trinajstić information content (AvgIpc) is 2.10. The van der Waals surface area contributed by atoms with Crippen LogP contribution in [0, 0.1) is 0 Å². The van der Waals surface area contributed by atoms with Crippen LogP contribution in [0.5, 0.6) is 0 Å². The van der Waals surface area contributed by atoms with Gasteiger partial charge in [-0.2, -0.15) is 0 Å². The largest absolute Gasteiger partial charge is 0.395 e. The minimum atomic E-state index is 0.0103. The second-order valence-electron chi connectivity index (χ2n) is 3.50. The second-order valence-corrected chi connectivity index (χ2v) is 3.50. The highest BCUT2D eigenvalue weighted by Crippen LogP contribution is 2.07. The van der Waals surface area contributed by atoms with Crippen molar-refractivity contribution in [2.75, 3.05) is 6.61 Å². The molecule has 3 N–H and O–H groups in total. The zero-order valence-electron chi connectivity index (χ0n) is 8.26. The molecule has 12 heavy (non-hydrogen) atoms. The van der Waals surface area contributed by atoms with Crippen LogP contribution in [0.4, 0.5) is 0 Å². The molecule has 0 saturated carbocycles. The third kappa shape index (κ3) is 8.02. The zero-order chi connectivity index (χ0) is 9.23. The monoisotopic (exact) mass is 173 g/mol. The van der Waals surface area contributed by atoms with Gasteiger partial charge in [0.25, 0.3) is 0 Å². The van der Waals surface area contributed by atoms with Crippen LogP contribution in [0.1, 0.15) is 51.9 Å². The summed E-state index contributed by atoms with van der Waals surface area (Å²) in [5, 5.41) is 8.65. The lowest BCUT2D eigenvalue weighted by atomic mass is 10.1. The van der Waals surface area contributed by atoms with Gasteiger partial charge >= 0.3 is 0 Å². The van der Waals surface area contributed by atoms with Gasteiger partial charge in [-0.1, -0.05) is 45.4 Å². The molecule has 0 fully saturated rings. The lowest BCUT2D eigenvalue weighted by molar-refractivity contribution is 0.257. The minimum Gasteiger partial charge on any atom is -0.395 e. The van der Waals surface area contributed by atoms with Crippen LogP contribution >= 0.6 is 0 Å². The number of rotatable bonds is 8. The first-order valence-electron chi connectivity index (χ1n) is 5.17. The first kappa shape index (κ1) is 11.9. The van der Waals surface area contributed by atoms with Crippen LogP contribution in [0.2, 0.25) is 0 Å². The molecule has 0 aromatic heterocycles. The summed E-state index contributed by atoms with van der Waals surface area (Å²) in [6, 6.07) is 0.0103. The van der Waals surface area contributed by atoms with E-state index in [9.17, 15) is 0 Å². The van der Waals surface area contributed by atoms with Crippen molar-refractivity contribution in [3.05, 3.63) is 0 Å². The maximum atomic E-state index is 8.65. The number of hydrogen-bond acceptors (Lipinski definition) is 2. The van der Waals surface area contributed by atoms with Gasteiger partial charge in [0.05, 0.1) is 6.61 Å². The molecule has 0 aromatic carbocycles. The summed E-state index contributed by atoms with van der Waals surface area (Å²) in [6.45, 7) is 2.36. The first-order chi connectivity index (χ1) is 5.81. The number of hydrogen-bond donors (Lipinski definition) is 2. The summed E-state index contributed by atoms with van der Waals surface area (Å²) in [7, 11) is 0. The molecule has 74 valence electrons. The van der Waals surface area contributed by atoms with E-state index < -0.39 is 0 Å². The minimum absolute atomic E-state index is 0.0103. The first-order valence-corrected chi connectivity index (χ1v) is 5.17.